The van der Waals surface area contributed by atoms with Crippen LogP contribution in [0.3, 0.4) is 0 Å². The Morgan fingerprint density at radius 2 is 1.67 bits per heavy atom. The summed E-state index contributed by atoms with van der Waals surface area (Å²) in [6.07, 6.45) is 0. The SMILES string of the molecule is COc1ccc(N2C(=O)[C@H](C)[C@@H]2c2ccc(F)cc2)cc1. The molecular weight excluding hydrogens is 269 g/mol. The van der Waals surface area contributed by atoms with Gasteiger partial charge in [0.25, 0.3) is 0 Å². The Morgan fingerprint density at radius 3 is 2.24 bits per heavy atom. The first-order chi connectivity index (χ1) is 10.1. The summed E-state index contributed by atoms with van der Waals surface area (Å²) in [6.45, 7) is 1.90. The molecule has 4 heteroatoms. The Labute approximate surface area is 123 Å². The summed E-state index contributed by atoms with van der Waals surface area (Å²) in [5.41, 5.74) is 1.77. The number of anilines is 1. The molecule has 1 saturated heterocycles. The lowest BCUT2D eigenvalue weighted by molar-refractivity contribution is -0.129. The second-order valence-electron chi connectivity index (χ2n) is 5.19. The number of hydrogen-bond acceptors (Lipinski definition) is 2. The maximum atomic E-state index is 13.1. The van der Waals surface area contributed by atoms with Crippen LogP contribution in [0.15, 0.2) is 48.5 Å². The van der Waals surface area contributed by atoms with Crippen LogP contribution in [0.5, 0.6) is 5.75 Å². The van der Waals surface area contributed by atoms with E-state index in [4.69, 9.17) is 4.74 Å². The number of rotatable bonds is 3. The van der Waals surface area contributed by atoms with Crippen LogP contribution in [-0.4, -0.2) is 13.0 Å². The predicted molar refractivity (Wildman–Crippen MR) is 78.8 cm³/mol. The number of hydrogen-bond donors (Lipinski definition) is 0. The number of amides is 1. The number of methoxy groups -OCH3 is 1. The van der Waals surface area contributed by atoms with Gasteiger partial charge in [-0.3, -0.25) is 4.79 Å². The molecule has 3 rings (SSSR count). The van der Waals surface area contributed by atoms with E-state index in [2.05, 4.69) is 0 Å². The number of carbonyl (C=O) groups is 1. The minimum absolute atomic E-state index is 0.0495. The molecule has 1 aliphatic rings. The topological polar surface area (TPSA) is 29.5 Å². The van der Waals surface area contributed by atoms with Crippen molar-refractivity contribution in [2.75, 3.05) is 12.0 Å². The van der Waals surface area contributed by atoms with Crippen LogP contribution in [0.1, 0.15) is 18.5 Å². The van der Waals surface area contributed by atoms with E-state index in [1.165, 1.54) is 12.1 Å². The van der Waals surface area contributed by atoms with Crippen molar-refractivity contribution >= 4 is 11.6 Å². The van der Waals surface area contributed by atoms with Gasteiger partial charge in [0.1, 0.15) is 11.6 Å². The molecule has 2 atom stereocenters. The fourth-order valence-corrected chi connectivity index (χ4v) is 2.76. The van der Waals surface area contributed by atoms with Gasteiger partial charge in [0.2, 0.25) is 5.91 Å². The normalized spacial score (nSPS) is 21.1. The molecule has 3 nitrogen and oxygen atoms in total. The molecule has 1 aliphatic heterocycles. The Kier molecular flexibility index (Phi) is 3.37. The van der Waals surface area contributed by atoms with E-state index in [1.54, 1.807) is 24.1 Å². The van der Waals surface area contributed by atoms with E-state index in [0.717, 1.165) is 17.0 Å². The second kappa shape index (κ2) is 5.20. The molecule has 1 fully saturated rings. The first kappa shape index (κ1) is 13.6. The van der Waals surface area contributed by atoms with Crippen LogP contribution in [0.2, 0.25) is 0 Å². The first-order valence-corrected chi connectivity index (χ1v) is 6.84. The molecule has 2 aromatic carbocycles. The lowest BCUT2D eigenvalue weighted by Gasteiger charge is -2.46. The molecule has 21 heavy (non-hydrogen) atoms. The number of carbonyl (C=O) groups excluding carboxylic acids is 1. The lowest BCUT2D eigenvalue weighted by atomic mass is 9.83. The average molecular weight is 285 g/mol. The number of β-lactam (4-membered cyclic amide) rings is 1. The number of ether oxygens (including phenoxy) is 1. The lowest BCUT2D eigenvalue weighted by Crippen LogP contribution is -2.54. The zero-order valence-electron chi connectivity index (χ0n) is 11.9. The molecule has 0 aromatic heterocycles. The summed E-state index contributed by atoms with van der Waals surface area (Å²) in [6, 6.07) is 13.7. The van der Waals surface area contributed by atoms with Crippen molar-refractivity contribution in [3.63, 3.8) is 0 Å². The van der Waals surface area contributed by atoms with E-state index in [9.17, 15) is 9.18 Å². The highest BCUT2D eigenvalue weighted by molar-refractivity contribution is 6.03. The average Bonchev–Trinajstić information content (AvgIpc) is 2.53. The quantitative estimate of drug-likeness (QED) is 0.807. The number of nitrogens with zero attached hydrogens (tertiary/aromatic N) is 1. The second-order valence-corrected chi connectivity index (χ2v) is 5.19. The third-order valence-corrected chi connectivity index (χ3v) is 3.94. The Bertz CT molecular complexity index is 651. The van der Waals surface area contributed by atoms with Crippen molar-refractivity contribution in [2.45, 2.75) is 13.0 Å². The van der Waals surface area contributed by atoms with E-state index in [-0.39, 0.29) is 23.7 Å². The van der Waals surface area contributed by atoms with Crippen molar-refractivity contribution in [1.29, 1.82) is 0 Å². The van der Waals surface area contributed by atoms with Gasteiger partial charge in [0.15, 0.2) is 0 Å². The maximum Gasteiger partial charge on any atom is 0.232 e. The van der Waals surface area contributed by atoms with E-state index >= 15 is 0 Å². The zero-order chi connectivity index (χ0) is 15.0. The fourth-order valence-electron chi connectivity index (χ4n) is 2.76. The Balaban J connectivity index is 1.92. The van der Waals surface area contributed by atoms with Gasteiger partial charge in [-0.05, 0) is 42.0 Å². The van der Waals surface area contributed by atoms with E-state index in [1.807, 2.05) is 31.2 Å². The van der Waals surface area contributed by atoms with Crippen LogP contribution in [0, 0.1) is 11.7 Å². The largest absolute Gasteiger partial charge is 0.497 e. The molecule has 0 saturated carbocycles. The summed E-state index contributed by atoms with van der Waals surface area (Å²) >= 11 is 0. The first-order valence-electron chi connectivity index (χ1n) is 6.84. The highest BCUT2D eigenvalue weighted by atomic mass is 19.1. The van der Waals surface area contributed by atoms with Crippen LogP contribution < -0.4 is 9.64 Å². The van der Waals surface area contributed by atoms with Gasteiger partial charge in [0.05, 0.1) is 19.1 Å². The monoisotopic (exact) mass is 285 g/mol. The standard InChI is InChI=1S/C17H16FNO2/c1-11-16(12-3-5-13(18)6-4-12)19(17(11)20)14-7-9-15(21-2)10-8-14/h3-11,16H,1-2H3/t11-,16-/m1/s1. The molecule has 1 amide bonds. The zero-order valence-corrected chi connectivity index (χ0v) is 11.9. The van der Waals surface area contributed by atoms with Crippen molar-refractivity contribution < 1.29 is 13.9 Å². The summed E-state index contributed by atoms with van der Waals surface area (Å²) in [4.78, 5) is 13.9. The van der Waals surface area contributed by atoms with Gasteiger partial charge in [0, 0.05) is 5.69 Å². The van der Waals surface area contributed by atoms with Crippen LogP contribution in [-0.2, 0) is 4.79 Å². The van der Waals surface area contributed by atoms with Gasteiger partial charge in [-0.2, -0.15) is 0 Å². The van der Waals surface area contributed by atoms with Gasteiger partial charge < -0.3 is 9.64 Å². The van der Waals surface area contributed by atoms with Crippen molar-refractivity contribution in [3.8, 4) is 5.75 Å². The smallest absolute Gasteiger partial charge is 0.232 e. The third kappa shape index (κ3) is 2.27. The molecule has 1 heterocycles. The highest BCUT2D eigenvalue weighted by Crippen LogP contribution is 2.43. The van der Waals surface area contributed by atoms with Gasteiger partial charge in [-0.25, -0.2) is 4.39 Å². The van der Waals surface area contributed by atoms with Crippen LogP contribution >= 0.6 is 0 Å². The maximum absolute atomic E-state index is 13.1. The predicted octanol–water partition coefficient (Wildman–Crippen LogP) is 3.56. The molecular formula is C17H16FNO2. The summed E-state index contributed by atoms with van der Waals surface area (Å²) < 4.78 is 18.2. The van der Waals surface area contributed by atoms with Gasteiger partial charge in [-0.15, -0.1) is 0 Å². The van der Waals surface area contributed by atoms with E-state index < -0.39 is 0 Å². The minimum Gasteiger partial charge on any atom is -0.497 e. The Morgan fingerprint density at radius 1 is 1.05 bits per heavy atom. The molecule has 0 bridgehead atoms. The Hall–Kier alpha value is -2.36. The molecule has 0 radical (unpaired) electrons. The molecule has 2 aromatic rings. The number of halogens is 1. The fraction of sp³-hybridized carbons (Fsp3) is 0.235. The summed E-state index contributed by atoms with van der Waals surface area (Å²) in [5, 5.41) is 0. The van der Waals surface area contributed by atoms with E-state index in [0.29, 0.717) is 0 Å². The molecule has 0 N–H and O–H groups in total. The van der Waals surface area contributed by atoms with Crippen molar-refractivity contribution in [3.05, 3.63) is 59.9 Å². The molecule has 0 aliphatic carbocycles. The van der Waals surface area contributed by atoms with Crippen molar-refractivity contribution in [2.24, 2.45) is 5.92 Å². The summed E-state index contributed by atoms with van der Waals surface area (Å²) in [7, 11) is 1.60. The number of benzene rings is 2. The molecule has 0 unspecified atom stereocenters. The van der Waals surface area contributed by atoms with Gasteiger partial charge in [-0.1, -0.05) is 19.1 Å². The van der Waals surface area contributed by atoms with Gasteiger partial charge >= 0.3 is 0 Å². The third-order valence-electron chi connectivity index (χ3n) is 3.94. The molecule has 0 spiro atoms. The molecule has 108 valence electrons. The van der Waals surface area contributed by atoms with Crippen molar-refractivity contribution in [1.82, 2.24) is 0 Å². The minimum atomic E-state index is -0.270. The van der Waals surface area contributed by atoms with Crippen LogP contribution in [0.25, 0.3) is 0 Å². The highest BCUT2D eigenvalue weighted by Gasteiger charge is 2.45. The summed E-state index contributed by atoms with van der Waals surface area (Å²) in [5.74, 6) is 0.457. The van der Waals surface area contributed by atoms with Crippen LogP contribution in [0.4, 0.5) is 10.1 Å².